The van der Waals surface area contributed by atoms with Crippen LogP contribution in [0.25, 0.3) is 0 Å². The molecule has 0 aromatic heterocycles. The smallest absolute Gasteiger partial charge is 0.197 e. The van der Waals surface area contributed by atoms with E-state index in [-0.39, 0.29) is 11.7 Å². The summed E-state index contributed by atoms with van der Waals surface area (Å²) in [7, 11) is 0. The topological polar surface area (TPSA) is 46.5 Å². The van der Waals surface area contributed by atoms with Crippen LogP contribution in [0.4, 0.5) is 0 Å². The Morgan fingerprint density at radius 3 is 3.00 bits per heavy atom. The van der Waals surface area contributed by atoms with Crippen molar-refractivity contribution in [3.63, 3.8) is 0 Å². The first-order valence-corrected chi connectivity index (χ1v) is 5.33. The fourth-order valence-electron chi connectivity index (χ4n) is 2.36. The van der Waals surface area contributed by atoms with Crippen molar-refractivity contribution in [1.29, 1.82) is 0 Å². The maximum Gasteiger partial charge on any atom is 0.197 e. The van der Waals surface area contributed by atoms with Gasteiger partial charge in [0.15, 0.2) is 12.1 Å². The van der Waals surface area contributed by atoms with Gasteiger partial charge in [-0.05, 0) is 18.8 Å². The predicted octanol–water partition coefficient (Wildman–Crippen LogP) is 1.76. The van der Waals surface area contributed by atoms with Gasteiger partial charge in [0.25, 0.3) is 0 Å². The molecule has 2 aliphatic rings. The molecule has 0 spiro atoms. The summed E-state index contributed by atoms with van der Waals surface area (Å²) < 4.78 is 5.31. The van der Waals surface area contributed by atoms with Gasteiger partial charge in [0.2, 0.25) is 0 Å². The lowest BCUT2D eigenvalue weighted by Crippen LogP contribution is -2.30. The van der Waals surface area contributed by atoms with Gasteiger partial charge in [-0.25, -0.2) is 0 Å². The summed E-state index contributed by atoms with van der Waals surface area (Å²) in [5, 5.41) is 9.47. The molecule has 14 heavy (non-hydrogen) atoms. The Balaban J connectivity index is 2.32. The number of hydrogen-bond acceptors (Lipinski definition) is 3. The molecule has 0 saturated heterocycles. The molecule has 1 aliphatic heterocycles. The van der Waals surface area contributed by atoms with Crippen LogP contribution in [-0.4, -0.2) is 17.2 Å². The molecule has 1 N–H and O–H groups in total. The lowest BCUT2D eigenvalue weighted by molar-refractivity contribution is -0.123. The molecule has 78 valence electrons. The number of ether oxygens (including phenoxy) is 1. The van der Waals surface area contributed by atoms with E-state index >= 15 is 0 Å². The summed E-state index contributed by atoms with van der Waals surface area (Å²) in [6, 6.07) is 0. The van der Waals surface area contributed by atoms with Crippen LogP contribution in [0.5, 0.6) is 0 Å². The minimum atomic E-state index is -0.704. The zero-order valence-electron chi connectivity index (χ0n) is 8.45. The molecule has 3 heteroatoms. The Morgan fingerprint density at radius 1 is 1.50 bits per heavy atom. The van der Waals surface area contributed by atoms with Crippen molar-refractivity contribution in [3.8, 4) is 0 Å². The molecule has 2 rings (SSSR count). The van der Waals surface area contributed by atoms with Crippen LogP contribution in [-0.2, 0) is 9.53 Å². The highest BCUT2D eigenvalue weighted by Gasteiger charge is 2.34. The molecule has 0 aromatic carbocycles. The van der Waals surface area contributed by atoms with E-state index in [0.29, 0.717) is 12.8 Å². The first-order chi connectivity index (χ1) is 6.72. The highest BCUT2D eigenvalue weighted by atomic mass is 16.6. The lowest BCUT2D eigenvalue weighted by Gasteiger charge is -2.33. The largest absolute Gasteiger partial charge is 0.469 e. The average molecular weight is 196 g/mol. The first-order valence-electron chi connectivity index (χ1n) is 5.33. The zero-order chi connectivity index (χ0) is 10.1. The lowest BCUT2D eigenvalue weighted by atomic mass is 9.82. The van der Waals surface area contributed by atoms with E-state index in [0.717, 1.165) is 30.6 Å². The third-order valence-corrected chi connectivity index (χ3v) is 3.07. The third kappa shape index (κ3) is 1.57. The molecular weight excluding hydrogens is 180 g/mol. The van der Waals surface area contributed by atoms with Crippen molar-refractivity contribution in [3.05, 3.63) is 11.3 Å². The van der Waals surface area contributed by atoms with Gasteiger partial charge in [0.05, 0.1) is 0 Å². The summed E-state index contributed by atoms with van der Waals surface area (Å²) in [6.45, 7) is 2.05. The Hall–Kier alpha value is -0.830. The van der Waals surface area contributed by atoms with Gasteiger partial charge in [-0.15, -0.1) is 0 Å². The van der Waals surface area contributed by atoms with E-state index in [1.807, 2.05) is 0 Å². The summed E-state index contributed by atoms with van der Waals surface area (Å²) >= 11 is 0. The number of rotatable bonds is 1. The van der Waals surface area contributed by atoms with Gasteiger partial charge in [-0.2, -0.15) is 0 Å². The predicted molar refractivity (Wildman–Crippen MR) is 51.4 cm³/mol. The van der Waals surface area contributed by atoms with E-state index in [1.165, 1.54) is 0 Å². The number of aliphatic hydroxyl groups is 1. The number of hydrogen-bond donors (Lipinski definition) is 1. The number of carbonyl (C=O) groups is 1. The molecule has 0 aromatic rings. The van der Waals surface area contributed by atoms with Crippen LogP contribution < -0.4 is 0 Å². The van der Waals surface area contributed by atoms with Gasteiger partial charge in [0.1, 0.15) is 5.76 Å². The van der Waals surface area contributed by atoms with E-state index < -0.39 is 6.29 Å². The fraction of sp³-hybridized carbons (Fsp3) is 0.727. The standard InChI is InChI=1S/C11H16O3/c1-2-7-6-10(13)14-9-5-3-4-8(12)11(7)9/h7,10,13H,2-6H2,1H3. The van der Waals surface area contributed by atoms with E-state index in [2.05, 4.69) is 6.92 Å². The molecule has 0 amide bonds. The van der Waals surface area contributed by atoms with Crippen LogP contribution in [0.3, 0.4) is 0 Å². The normalized spacial score (nSPS) is 32.6. The minimum absolute atomic E-state index is 0.210. The molecule has 3 nitrogen and oxygen atoms in total. The monoisotopic (exact) mass is 196 g/mol. The van der Waals surface area contributed by atoms with Crippen molar-refractivity contribution in [1.82, 2.24) is 0 Å². The van der Waals surface area contributed by atoms with E-state index in [1.54, 1.807) is 0 Å². The summed E-state index contributed by atoms with van der Waals surface area (Å²) in [5.74, 6) is 1.19. The highest BCUT2D eigenvalue weighted by molar-refractivity contribution is 5.97. The second kappa shape index (κ2) is 3.73. The molecule has 1 heterocycles. The van der Waals surface area contributed by atoms with Crippen LogP contribution in [0, 0.1) is 5.92 Å². The van der Waals surface area contributed by atoms with Gasteiger partial charge < -0.3 is 9.84 Å². The van der Waals surface area contributed by atoms with Gasteiger partial charge in [0, 0.05) is 24.8 Å². The number of ketones is 1. The van der Waals surface area contributed by atoms with Gasteiger partial charge in [-0.3, -0.25) is 4.79 Å². The Morgan fingerprint density at radius 2 is 2.29 bits per heavy atom. The van der Waals surface area contributed by atoms with Crippen molar-refractivity contribution in [2.75, 3.05) is 0 Å². The van der Waals surface area contributed by atoms with Crippen molar-refractivity contribution in [2.24, 2.45) is 5.92 Å². The second-order valence-electron chi connectivity index (χ2n) is 4.03. The maximum absolute atomic E-state index is 11.7. The molecule has 0 radical (unpaired) electrons. The van der Waals surface area contributed by atoms with E-state index in [4.69, 9.17) is 4.74 Å². The molecule has 0 bridgehead atoms. The van der Waals surface area contributed by atoms with Gasteiger partial charge >= 0.3 is 0 Å². The Labute approximate surface area is 83.8 Å². The van der Waals surface area contributed by atoms with Gasteiger partial charge in [-0.1, -0.05) is 6.92 Å². The van der Waals surface area contributed by atoms with E-state index in [9.17, 15) is 9.90 Å². The number of carbonyl (C=O) groups excluding carboxylic acids is 1. The molecule has 2 unspecified atom stereocenters. The Kier molecular flexibility index (Phi) is 2.59. The maximum atomic E-state index is 11.7. The fourth-order valence-corrected chi connectivity index (χ4v) is 2.36. The molecule has 0 fully saturated rings. The second-order valence-corrected chi connectivity index (χ2v) is 4.03. The third-order valence-electron chi connectivity index (χ3n) is 3.07. The number of Topliss-reactive ketones (excluding diaryl/α,β-unsaturated/α-hetero) is 1. The average Bonchev–Trinajstić information content (AvgIpc) is 2.16. The summed E-state index contributed by atoms with van der Waals surface area (Å²) in [4.78, 5) is 11.7. The SMILES string of the molecule is CCC1CC(O)OC2=C1C(=O)CCC2. The number of aliphatic hydroxyl groups excluding tert-OH is 1. The minimum Gasteiger partial charge on any atom is -0.469 e. The first kappa shape index (κ1) is 9.71. The Bertz CT molecular complexity index is 280. The summed E-state index contributed by atoms with van der Waals surface area (Å²) in [6.07, 6.45) is 3.10. The molecular formula is C11H16O3. The van der Waals surface area contributed by atoms with Crippen LogP contribution in [0.2, 0.25) is 0 Å². The van der Waals surface area contributed by atoms with Crippen LogP contribution >= 0.6 is 0 Å². The number of allylic oxidation sites excluding steroid dienone is 2. The molecule has 2 atom stereocenters. The summed E-state index contributed by atoms with van der Waals surface area (Å²) in [5.41, 5.74) is 0.865. The van der Waals surface area contributed by atoms with Crippen molar-refractivity contribution in [2.45, 2.75) is 45.3 Å². The quantitative estimate of drug-likeness (QED) is 0.695. The highest BCUT2D eigenvalue weighted by Crippen LogP contribution is 2.37. The van der Waals surface area contributed by atoms with Crippen LogP contribution in [0.1, 0.15) is 39.0 Å². The van der Waals surface area contributed by atoms with Crippen molar-refractivity contribution < 1.29 is 14.6 Å². The zero-order valence-corrected chi connectivity index (χ0v) is 8.45. The van der Waals surface area contributed by atoms with Crippen molar-refractivity contribution >= 4 is 5.78 Å². The van der Waals surface area contributed by atoms with Crippen LogP contribution in [0.15, 0.2) is 11.3 Å². The molecule has 0 saturated carbocycles. The molecule has 1 aliphatic carbocycles.